The van der Waals surface area contributed by atoms with E-state index in [9.17, 15) is 0 Å². The minimum Gasteiger partial charge on any atom is -0.357 e. The summed E-state index contributed by atoms with van der Waals surface area (Å²) in [4.78, 5) is 9.87. The van der Waals surface area contributed by atoms with Crippen LogP contribution in [0, 0.1) is 5.92 Å². The lowest BCUT2D eigenvalue weighted by molar-refractivity contribution is 0.315. The van der Waals surface area contributed by atoms with Gasteiger partial charge in [0.2, 0.25) is 0 Å². The van der Waals surface area contributed by atoms with Crippen molar-refractivity contribution in [3.8, 4) is 0 Å². The van der Waals surface area contributed by atoms with Crippen molar-refractivity contribution in [2.75, 3.05) is 33.2 Å². The number of rotatable bonds is 7. The van der Waals surface area contributed by atoms with E-state index in [2.05, 4.69) is 54.2 Å². The van der Waals surface area contributed by atoms with Crippen LogP contribution in [-0.2, 0) is 13.6 Å². The van der Waals surface area contributed by atoms with Crippen LogP contribution >= 0.6 is 24.0 Å². The molecule has 3 rings (SSSR count). The van der Waals surface area contributed by atoms with Crippen molar-refractivity contribution in [1.82, 2.24) is 24.9 Å². The maximum absolute atomic E-state index is 4.96. The first-order chi connectivity index (χ1) is 12.5. The van der Waals surface area contributed by atoms with E-state index < -0.39 is 0 Å². The molecule has 1 saturated carbocycles. The Morgan fingerprint density at radius 2 is 2.11 bits per heavy atom. The van der Waals surface area contributed by atoms with Gasteiger partial charge in [-0.1, -0.05) is 13.8 Å². The number of nitrogens with one attached hydrogen (secondary N) is 1. The number of aliphatic imine (C=N–C) groups is 1. The number of aromatic nitrogens is 2. The van der Waals surface area contributed by atoms with Gasteiger partial charge < -0.3 is 15.1 Å². The molecule has 1 aromatic rings. The smallest absolute Gasteiger partial charge is 0.193 e. The molecule has 6 nitrogen and oxygen atoms in total. The molecule has 154 valence electrons. The predicted molar refractivity (Wildman–Crippen MR) is 123 cm³/mol. The molecule has 1 aliphatic carbocycles. The fraction of sp³-hybridized carbons (Fsp3) is 0.800. The van der Waals surface area contributed by atoms with E-state index in [1.165, 1.54) is 43.6 Å². The van der Waals surface area contributed by atoms with Crippen molar-refractivity contribution in [1.29, 1.82) is 0 Å². The lowest BCUT2D eigenvalue weighted by Crippen LogP contribution is -2.39. The Labute approximate surface area is 181 Å². The van der Waals surface area contributed by atoms with Crippen LogP contribution in [0.15, 0.2) is 11.2 Å². The molecule has 1 aromatic heterocycles. The second-order valence-electron chi connectivity index (χ2n) is 8.30. The van der Waals surface area contributed by atoms with E-state index in [-0.39, 0.29) is 24.0 Å². The summed E-state index contributed by atoms with van der Waals surface area (Å²) in [6.45, 7) is 11.7. The van der Waals surface area contributed by atoms with Crippen LogP contribution in [0.25, 0.3) is 0 Å². The number of halogens is 1. The summed E-state index contributed by atoms with van der Waals surface area (Å²) in [6, 6.07) is 0.889. The third-order valence-electron chi connectivity index (χ3n) is 5.47. The average Bonchev–Trinajstić information content (AvgIpc) is 3.22. The summed E-state index contributed by atoms with van der Waals surface area (Å²) in [7, 11) is 4.13. The van der Waals surface area contributed by atoms with Gasteiger partial charge in [0.05, 0.1) is 5.69 Å². The van der Waals surface area contributed by atoms with Crippen molar-refractivity contribution in [3.05, 3.63) is 17.5 Å². The van der Waals surface area contributed by atoms with Gasteiger partial charge in [0.15, 0.2) is 5.96 Å². The van der Waals surface area contributed by atoms with Crippen LogP contribution in [-0.4, -0.2) is 64.8 Å². The predicted octanol–water partition coefficient (Wildman–Crippen LogP) is 3.04. The molecule has 1 unspecified atom stereocenters. The molecule has 2 heterocycles. The Bertz CT molecular complexity index is 622. The summed E-state index contributed by atoms with van der Waals surface area (Å²) in [5.41, 5.74) is 2.47. The van der Waals surface area contributed by atoms with Crippen molar-refractivity contribution in [3.63, 3.8) is 0 Å². The molecule has 27 heavy (non-hydrogen) atoms. The average molecular weight is 488 g/mol. The van der Waals surface area contributed by atoms with E-state index in [4.69, 9.17) is 4.99 Å². The third kappa shape index (κ3) is 6.07. The van der Waals surface area contributed by atoms with E-state index in [1.54, 1.807) is 0 Å². The van der Waals surface area contributed by atoms with Gasteiger partial charge in [0.25, 0.3) is 0 Å². The van der Waals surface area contributed by atoms with E-state index in [0.717, 1.165) is 31.6 Å². The standard InChI is InChI=1S/C20H36N6.HI/c1-6-21-20(22-11-16-9-10-26(12-16)18-7-8-18)24(4)13-17-14-25(5)23-19(17)15(2)3;/h14-16,18H,6-13H2,1-5H3,(H,21,22);1H. The summed E-state index contributed by atoms with van der Waals surface area (Å²) in [5, 5.41) is 8.10. The molecular weight excluding hydrogens is 451 g/mol. The first-order valence-electron chi connectivity index (χ1n) is 10.2. The van der Waals surface area contributed by atoms with Gasteiger partial charge in [-0.25, -0.2) is 0 Å². The molecule has 1 atom stereocenters. The van der Waals surface area contributed by atoms with Gasteiger partial charge in [-0.2, -0.15) is 5.10 Å². The number of hydrogen-bond donors (Lipinski definition) is 1. The maximum Gasteiger partial charge on any atom is 0.193 e. The highest BCUT2D eigenvalue weighted by molar-refractivity contribution is 14.0. The summed E-state index contributed by atoms with van der Waals surface area (Å²) in [6.07, 6.45) is 6.25. The van der Waals surface area contributed by atoms with Gasteiger partial charge >= 0.3 is 0 Å². The number of hydrogen-bond acceptors (Lipinski definition) is 3. The summed E-state index contributed by atoms with van der Waals surface area (Å²) < 4.78 is 1.92. The molecule has 0 bridgehead atoms. The zero-order valence-electron chi connectivity index (χ0n) is 17.6. The zero-order chi connectivity index (χ0) is 18.7. The molecular formula is C20H37IN6. The van der Waals surface area contributed by atoms with Gasteiger partial charge in [0.1, 0.15) is 0 Å². The van der Waals surface area contributed by atoms with Crippen LogP contribution in [0.4, 0.5) is 0 Å². The molecule has 0 radical (unpaired) electrons. The fourth-order valence-corrected chi connectivity index (χ4v) is 3.96. The van der Waals surface area contributed by atoms with Crippen LogP contribution in [0.3, 0.4) is 0 Å². The highest BCUT2D eigenvalue weighted by Gasteiger charge is 2.34. The van der Waals surface area contributed by atoms with E-state index >= 15 is 0 Å². The third-order valence-corrected chi connectivity index (χ3v) is 5.47. The Hall–Kier alpha value is -0.830. The van der Waals surface area contributed by atoms with Crippen molar-refractivity contribution >= 4 is 29.9 Å². The number of guanidine groups is 1. The number of aryl methyl sites for hydroxylation is 1. The van der Waals surface area contributed by atoms with Crippen LogP contribution in [0.1, 0.15) is 57.2 Å². The van der Waals surface area contributed by atoms with Crippen molar-refractivity contribution in [2.24, 2.45) is 18.0 Å². The normalized spacial score (nSPS) is 20.8. The van der Waals surface area contributed by atoms with Crippen LogP contribution in [0.2, 0.25) is 0 Å². The van der Waals surface area contributed by atoms with Crippen molar-refractivity contribution in [2.45, 2.75) is 58.5 Å². The summed E-state index contributed by atoms with van der Waals surface area (Å²) >= 11 is 0. The van der Waals surface area contributed by atoms with Gasteiger partial charge in [-0.15, -0.1) is 24.0 Å². The van der Waals surface area contributed by atoms with E-state index in [1.807, 2.05) is 11.7 Å². The molecule has 2 fully saturated rings. The first kappa shape index (κ1) is 22.5. The number of likely N-dealkylation sites (tertiary alicyclic amines) is 1. The Morgan fingerprint density at radius 1 is 1.37 bits per heavy atom. The molecule has 1 aliphatic heterocycles. The Kier molecular flexibility index (Phi) is 8.39. The minimum atomic E-state index is 0. The molecule has 1 N–H and O–H groups in total. The lowest BCUT2D eigenvalue weighted by Gasteiger charge is -2.23. The molecule has 1 saturated heterocycles. The number of nitrogens with zero attached hydrogens (tertiary/aromatic N) is 5. The summed E-state index contributed by atoms with van der Waals surface area (Å²) in [5.74, 6) is 2.16. The van der Waals surface area contributed by atoms with Gasteiger partial charge in [-0.3, -0.25) is 9.67 Å². The molecule has 0 amide bonds. The largest absolute Gasteiger partial charge is 0.357 e. The zero-order valence-corrected chi connectivity index (χ0v) is 19.9. The maximum atomic E-state index is 4.96. The minimum absolute atomic E-state index is 0. The van der Waals surface area contributed by atoms with Crippen LogP contribution < -0.4 is 5.32 Å². The quantitative estimate of drug-likeness (QED) is 0.364. The highest BCUT2D eigenvalue weighted by Crippen LogP contribution is 2.31. The molecule has 0 aromatic carbocycles. The Morgan fingerprint density at radius 3 is 2.74 bits per heavy atom. The fourth-order valence-electron chi connectivity index (χ4n) is 3.96. The highest BCUT2D eigenvalue weighted by atomic mass is 127. The second-order valence-corrected chi connectivity index (χ2v) is 8.30. The topological polar surface area (TPSA) is 48.7 Å². The molecule has 7 heteroatoms. The van der Waals surface area contributed by atoms with Gasteiger partial charge in [-0.05, 0) is 44.6 Å². The van der Waals surface area contributed by atoms with Gasteiger partial charge in [0, 0.05) is 58.1 Å². The molecule has 0 spiro atoms. The Balaban J connectivity index is 0.00000261. The monoisotopic (exact) mass is 488 g/mol. The van der Waals surface area contributed by atoms with Crippen LogP contribution in [0.5, 0.6) is 0 Å². The second kappa shape index (κ2) is 10.1. The lowest BCUT2D eigenvalue weighted by atomic mass is 10.1. The SMILES string of the molecule is CCNC(=NCC1CCN(C2CC2)C1)N(C)Cc1cn(C)nc1C(C)C.I. The van der Waals surface area contributed by atoms with Crippen molar-refractivity contribution < 1.29 is 0 Å². The first-order valence-corrected chi connectivity index (χ1v) is 10.2. The van der Waals surface area contributed by atoms with E-state index in [0.29, 0.717) is 11.8 Å². The molecule has 2 aliphatic rings.